The molecule has 2 heterocycles. The highest BCUT2D eigenvalue weighted by molar-refractivity contribution is 6.23. The van der Waals surface area contributed by atoms with E-state index in [1.54, 1.807) is 0 Å². The maximum atomic E-state index is 5.23. The van der Waals surface area contributed by atoms with Crippen LogP contribution in [0.4, 0.5) is 0 Å². The van der Waals surface area contributed by atoms with Crippen LogP contribution in [0.1, 0.15) is 42.1 Å². The molecule has 0 fully saturated rings. The van der Waals surface area contributed by atoms with Crippen LogP contribution in [0.25, 0.3) is 44.0 Å². The average Bonchev–Trinajstić information content (AvgIpc) is 3.02. The van der Waals surface area contributed by atoms with Gasteiger partial charge in [0.25, 0.3) is 0 Å². The maximum absolute atomic E-state index is 5.23. The SMILES string of the molecule is Cc1cc(C)cc(-c2nc3ccccc3c3c4cc(C)cc(C)c4n(C(C)C)c23)c1. The number of hydrogen-bond donors (Lipinski definition) is 0. The summed E-state index contributed by atoms with van der Waals surface area (Å²) >= 11 is 0. The van der Waals surface area contributed by atoms with Crippen LogP contribution in [-0.2, 0) is 0 Å². The molecule has 0 aliphatic heterocycles. The van der Waals surface area contributed by atoms with Crippen LogP contribution in [0.3, 0.4) is 0 Å². The molecule has 0 aliphatic carbocycles. The molecule has 3 aromatic carbocycles. The van der Waals surface area contributed by atoms with Crippen molar-refractivity contribution >= 4 is 32.7 Å². The largest absolute Gasteiger partial charge is 0.336 e. The minimum atomic E-state index is 0.332. The van der Waals surface area contributed by atoms with Crippen LogP contribution in [0.2, 0.25) is 0 Å². The summed E-state index contributed by atoms with van der Waals surface area (Å²) in [6.07, 6.45) is 0. The highest BCUT2D eigenvalue weighted by atomic mass is 15.0. The van der Waals surface area contributed by atoms with Crippen molar-refractivity contribution in [3.05, 3.63) is 76.9 Å². The molecule has 0 amide bonds. The first-order chi connectivity index (χ1) is 14.3. The van der Waals surface area contributed by atoms with E-state index in [-0.39, 0.29) is 0 Å². The summed E-state index contributed by atoms with van der Waals surface area (Å²) in [4.78, 5) is 5.23. The average molecular weight is 393 g/mol. The standard InChI is InChI=1S/C28H28N2/c1-16(2)30-27-20(6)12-19(5)15-23(27)25-22-9-7-8-10-24(22)29-26(28(25)30)21-13-17(3)11-18(4)14-21/h7-16H,1-6H3. The van der Waals surface area contributed by atoms with Crippen molar-refractivity contribution in [2.75, 3.05) is 0 Å². The summed E-state index contributed by atoms with van der Waals surface area (Å²) in [6.45, 7) is 13.3. The number of nitrogens with zero attached hydrogens (tertiary/aromatic N) is 2. The topological polar surface area (TPSA) is 17.8 Å². The molecule has 2 heteroatoms. The second-order valence-corrected chi connectivity index (χ2v) is 9.02. The van der Waals surface area contributed by atoms with E-state index in [0.29, 0.717) is 6.04 Å². The predicted molar refractivity (Wildman–Crippen MR) is 130 cm³/mol. The molecule has 2 nitrogen and oxygen atoms in total. The van der Waals surface area contributed by atoms with E-state index < -0.39 is 0 Å². The van der Waals surface area contributed by atoms with Crippen molar-refractivity contribution in [2.24, 2.45) is 0 Å². The van der Waals surface area contributed by atoms with Gasteiger partial charge in [-0.3, -0.25) is 0 Å². The molecular weight excluding hydrogens is 364 g/mol. The van der Waals surface area contributed by atoms with E-state index in [1.807, 2.05) is 0 Å². The monoisotopic (exact) mass is 392 g/mol. The van der Waals surface area contributed by atoms with Gasteiger partial charge >= 0.3 is 0 Å². The van der Waals surface area contributed by atoms with Gasteiger partial charge < -0.3 is 4.57 Å². The Morgan fingerprint density at radius 3 is 2.10 bits per heavy atom. The van der Waals surface area contributed by atoms with Gasteiger partial charge in [-0.1, -0.05) is 47.0 Å². The fraction of sp³-hybridized carbons (Fsp3) is 0.250. The molecule has 0 spiro atoms. The van der Waals surface area contributed by atoms with Crippen LogP contribution >= 0.6 is 0 Å². The van der Waals surface area contributed by atoms with Crippen molar-refractivity contribution in [3.8, 4) is 11.3 Å². The van der Waals surface area contributed by atoms with Gasteiger partial charge in [0.05, 0.1) is 22.2 Å². The van der Waals surface area contributed by atoms with E-state index in [0.717, 1.165) is 11.2 Å². The minimum Gasteiger partial charge on any atom is -0.336 e. The first-order valence-corrected chi connectivity index (χ1v) is 10.8. The normalized spacial score (nSPS) is 12.0. The predicted octanol–water partition coefficient (Wildman–Crippen LogP) is 7.82. The summed E-state index contributed by atoms with van der Waals surface area (Å²) in [5, 5.41) is 3.89. The Kier molecular flexibility index (Phi) is 4.21. The Morgan fingerprint density at radius 1 is 0.733 bits per heavy atom. The summed E-state index contributed by atoms with van der Waals surface area (Å²) in [5.74, 6) is 0. The number of hydrogen-bond acceptors (Lipinski definition) is 1. The number of aryl methyl sites for hydroxylation is 4. The van der Waals surface area contributed by atoms with Crippen LogP contribution in [-0.4, -0.2) is 9.55 Å². The van der Waals surface area contributed by atoms with Gasteiger partial charge in [0.1, 0.15) is 0 Å². The van der Waals surface area contributed by atoms with Crippen molar-refractivity contribution < 1.29 is 0 Å². The van der Waals surface area contributed by atoms with Gasteiger partial charge in [0.15, 0.2) is 0 Å². The number of benzene rings is 3. The quantitative estimate of drug-likeness (QED) is 0.299. The summed E-state index contributed by atoms with van der Waals surface area (Å²) in [7, 11) is 0. The Labute approximate surface area is 178 Å². The zero-order valence-corrected chi connectivity index (χ0v) is 18.7. The number of para-hydroxylation sites is 1. The minimum absolute atomic E-state index is 0.332. The van der Waals surface area contributed by atoms with Crippen LogP contribution in [0.15, 0.2) is 54.6 Å². The molecule has 0 N–H and O–H groups in total. The lowest BCUT2D eigenvalue weighted by atomic mass is 9.99. The molecule has 5 rings (SSSR count). The smallest absolute Gasteiger partial charge is 0.0953 e. The molecule has 0 atom stereocenters. The van der Waals surface area contributed by atoms with Crippen molar-refractivity contribution in [1.29, 1.82) is 0 Å². The van der Waals surface area contributed by atoms with Crippen molar-refractivity contribution in [3.63, 3.8) is 0 Å². The fourth-order valence-electron chi connectivity index (χ4n) is 5.12. The molecule has 0 saturated carbocycles. The molecule has 0 bridgehead atoms. The molecule has 2 aromatic heterocycles. The van der Waals surface area contributed by atoms with Gasteiger partial charge in [0, 0.05) is 27.8 Å². The van der Waals surface area contributed by atoms with E-state index >= 15 is 0 Å². The molecule has 0 unspecified atom stereocenters. The maximum Gasteiger partial charge on any atom is 0.0953 e. The van der Waals surface area contributed by atoms with Crippen LogP contribution in [0, 0.1) is 27.7 Å². The Balaban J connectivity index is 2.12. The third kappa shape index (κ3) is 2.74. The lowest BCUT2D eigenvalue weighted by Crippen LogP contribution is -2.03. The van der Waals surface area contributed by atoms with E-state index in [2.05, 4.69) is 101 Å². The second kappa shape index (κ2) is 6.70. The van der Waals surface area contributed by atoms with Gasteiger partial charge in [-0.05, 0) is 71.4 Å². The third-order valence-electron chi connectivity index (χ3n) is 6.07. The number of rotatable bonds is 2. The van der Waals surface area contributed by atoms with Gasteiger partial charge in [0.2, 0.25) is 0 Å². The molecule has 150 valence electrons. The molecule has 0 aliphatic rings. The Morgan fingerprint density at radius 2 is 1.40 bits per heavy atom. The van der Waals surface area contributed by atoms with Crippen LogP contribution in [0.5, 0.6) is 0 Å². The highest BCUT2D eigenvalue weighted by Crippen LogP contribution is 2.42. The van der Waals surface area contributed by atoms with Gasteiger partial charge in [-0.25, -0.2) is 4.98 Å². The molecule has 0 radical (unpaired) electrons. The second-order valence-electron chi connectivity index (χ2n) is 9.02. The van der Waals surface area contributed by atoms with Crippen molar-refractivity contribution in [1.82, 2.24) is 9.55 Å². The Hall–Kier alpha value is -3.13. The zero-order valence-electron chi connectivity index (χ0n) is 18.7. The first kappa shape index (κ1) is 18.9. The molecular formula is C28H28N2. The van der Waals surface area contributed by atoms with Crippen LogP contribution < -0.4 is 0 Å². The number of fused-ring (bicyclic) bond motifs is 5. The van der Waals surface area contributed by atoms with Gasteiger partial charge in [-0.15, -0.1) is 0 Å². The molecule has 0 saturated heterocycles. The van der Waals surface area contributed by atoms with E-state index in [1.165, 1.54) is 55.0 Å². The van der Waals surface area contributed by atoms with E-state index in [9.17, 15) is 0 Å². The summed E-state index contributed by atoms with van der Waals surface area (Å²) in [5.41, 5.74) is 11.1. The number of pyridine rings is 1. The molecule has 5 aromatic rings. The van der Waals surface area contributed by atoms with Gasteiger partial charge in [-0.2, -0.15) is 0 Å². The third-order valence-corrected chi connectivity index (χ3v) is 6.07. The summed E-state index contributed by atoms with van der Waals surface area (Å²) < 4.78 is 2.51. The zero-order chi connectivity index (χ0) is 21.2. The first-order valence-electron chi connectivity index (χ1n) is 10.8. The summed E-state index contributed by atoms with van der Waals surface area (Å²) in [6, 6.07) is 20.3. The lowest BCUT2D eigenvalue weighted by Gasteiger charge is -2.16. The highest BCUT2D eigenvalue weighted by Gasteiger charge is 2.22. The van der Waals surface area contributed by atoms with Crippen molar-refractivity contribution in [2.45, 2.75) is 47.6 Å². The molecule has 30 heavy (non-hydrogen) atoms. The van der Waals surface area contributed by atoms with E-state index in [4.69, 9.17) is 4.98 Å². The fourth-order valence-corrected chi connectivity index (χ4v) is 5.12. The number of aromatic nitrogens is 2. The lowest BCUT2D eigenvalue weighted by molar-refractivity contribution is 0.641. The Bertz CT molecular complexity index is 1430.